The third kappa shape index (κ3) is 2.65. The molecule has 2 aromatic carbocycles. The molecule has 0 radical (unpaired) electrons. The third-order valence-corrected chi connectivity index (χ3v) is 3.17. The summed E-state index contributed by atoms with van der Waals surface area (Å²) in [4.78, 5) is 12.2. The van der Waals surface area contributed by atoms with Crippen molar-refractivity contribution in [3.05, 3.63) is 58.8 Å². The molecule has 4 nitrogen and oxygen atoms in total. The molecule has 1 aromatic heterocycles. The molecular formula is C18H12O4. The monoisotopic (exact) mass is 292 g/mol. The molecule has 0 aliphatic heterocycles. The van der Waals surface area contributed by atoms with Gasteiger partial charge in [-0.2, -0.15) is 0 Å². The lowest BCUT2D eigenvalue weighted by atomic mass is 10.1. The highest BCUT2D eigenvalue weighted by atomic mass is 16.5. The van der Waals surface area contributed by atoms with Gasteiger partial charge in [-0.15, -0.1) is 6.42 Å². The Kier molecular flexibility index (Phi) is 3.55. The molecule has 1 N–H and O–H groups in total. The predicted octanol–water partition coefficient (Wildman–Crippen LogP) is 3.18. The fourth-order valence-corrected chi connectivity index (χ4v) is 2.12. The summed E-state index contributed by atoms with van der Waals surface area (Å²) in [5.41, 5.74) is 0.977. The van der Waals surface area contributed by atoms with Gasteiger partial charge < -0.3 is 14.3 Å². The Morgan fingerprint density at radius 3 is 2.64 bits per heavy atom. The van der Waals surface area contributed by atoms with Crippen LogP contribution in [0.4, 0.5) is 0 Å². The number of benzene rings is 2. The van der Waals surface area contributed by atoms with Gasteiger partial charge in [0.1, 0.15) is 29.4 Å². The van der Waals surface area contributed by atoms with Crippen LogP contribution in [0.3, 0.4) is 0 Å². The summed E-state index contributed by atoms with van der Waals surface area (Å²) in [6.07, 6.45) is 5.16. The fraction of sp³-hybridized carbons (Fsp3) is 0.0556. The van der Waals surface area contributed by atoms with E-state index in [4.69, 9.17) is 15.6 Å². The van der Waals surface area contributed by atoms with Crippen LogP contribution in [0, 0.1) is 12.3 Å². The lowest BCUT2D eigenvalue weighted by molar-refractivity contribution is 0.370. The molecule has 1 heterocycles. The van der Waals surface area contributed by atoms with E-state index in [1.165, 1.54) is 18.2 Å². The maximum absolute atomic E-state index is 12.2. The molecule has 22 heavy (non-hydrogen) atoms. The Morgan fingerprint density at radius 1 is 1.14 bits per heavy atom. The molecule has 108 valence electrons. The number of hydrogen-bond donors (Lipinski definition) is 1. The van der Waals surface area contributed by atoms with Crippen molar-refractivity contribution in [1.82, 2.24) is 0 Å². The van der Waals surface area contributed by atoms with Gasteiger partial charge in [0.05, 0.1) is 5.39 Å². The zero-order chi connectivity index (χ0) is 15.5. The highest BCUT2D eigenvalue weighted by Gasteiger charge is 2.08. The molecule has 0 aliphatic carbocycles. The maximum Gasteiger partial charge on any atom is 0.193 e. The molecule has 3 rings (SSSR count). The minimum absolute atomic E-state index is 0.146. The number of phenols is 1. The summed E-state index contributed by atoms with van der Waals surface area (Å²) >= 11 is 0. The summed E-state index contributed by atoms with van der Waals surface area (Å²) in [5.74, 6) is 3.49. The molecule has 0 atom stereocenters. The van der Waals surface area contributed by atoms with Crippen molar-refractivity contribution < 1.29 is 14.3 Å². The van der Waals surface area contributed by atoms with Crippen LogP contribution < -0.4 is 10.2 Å². The number of rotatable bonds is 3. The van der Waals surface area contributed by atoms with Gasteiger partial charge in [0.2, 0.25) is 0 Å². The van der Waals surface area contributed by atoms with Gasteiger partial charge in [0.25, 0.3) is 0 Å². The van der Waals surface area contributed by atoms with Gasteiger partial charge in [-0.25, -0.2) is 0 Å². The van der Waals surface area contributed by atoms with E-state index in [0.29, 0.717) is 28.0 Å². The molecule has 0 saturated carbocycles. The average molecular weight is 292 g/mol. The molecule has 3 aromatic rings. The Morgan fingerprint density at radius 2 is 1.91 bits per heavy atom. The van der Waals surface area contributed by atoms with Crippen molar-refractivity contribution in [3.63, 3.8) is 0 Å². The predicted molar refractivity (Wildman–Crippen MR) is 83.9 cm³/mol. The molecule has 0 bridgehead atoms. The summed E-state index contributed by atoms with van der Waals surface area (Å²) in [7, 11) is 0. The summed E-state index contributed by atoms with van der Waals surface area (Å²) in [6, 6.07) is 12.8. The number of aromatic hydroxyl groups is 1. The van der Waals surface area contributed by atoms with E-state index < -0.39 is 0 Å². The number of ether oxygens (including phenoxy) is 1. The molecule has 0 spiro atoms. The van der Waals surface area contributed by atoms with Gasteiger partial charge in [0, 0.05) is 17.7 Å². The van der Waals surface area contributed by atoms with E-state index in [2.05, 4.69) is 5.92 Å². The second-order valence-electron chi connectivity index (χ2n) is 4.67. The van der Waals surface area contributed by atoms with Crippen LogP contribution in [0.5, 0.6) is 11.5 Å². The zero-order valence-electron chi connectivity index (χ0n) is 11.6. The first kappa shape index (κ1) is 13.8. The van der Waals surface area contributed by atoms with Crippen molar-refractivity contribution in [2.75, 3.05) is 6.61 Å². The minimum Gasteiger partial charge on any atom is -0.508 e. The molecular weight excluding hydrogens is 280 g/mol. The van der Waals surface area contributed by atoms with Crippen molar-refractivity contribution in [2.45, 2.75) is 0 Å². The average Bonchev–Trinajstić information content (AvgIpc) is 2.53. The normalized spacial score (nSPS) is 10.3. The molecule has 0 amide bonds. The molecule has 0 fully saturated rings. The second-order valence-corrected chi connectivity index (χ2v) is 4.67. The Balaban J connectivity index is 2.11. The summed E-state index contributed by atoms with van der Waals surface area (Å²) in [6.45, 7) is 0.146. The van der Waals surface area contributed by atoms with E-state index in [0.717, 1.165) is 0 Å². The Labute approximate surface area is 126 Å². The van der Waals surface area contributed by atoms with Crippen LogP contribution >= 0.6 is 0 Å². The van der Waals surface area contributed by atoms with E-state index in [1.54, 1.807) is 30.3 Å². The molecule has 0 aliphatic rings. The lowest BCUT2D eigenvalue weighted by Gasteiger charge is -2.06. The number of fused-ring (bicyclic) bond motifs is 1. The van der Waals surface area contributed by atoms with Crippen molar-refractivity contribution in [2.24, 2.45) is 0 Å². The van der Waals surface area contributed by atoms with Gasteiger partial charge in [-0.05, 0) is 36.4 Å². The third-order valence-electron chi connectivity index (χ3n) is 3.17. The van der Waals surface area contributed by atoms with Crippen LogP contribution in [0.15, 0.2) is 57.7 Å². The van der Waals surface area contributed by atoms with Crippen LogP contribution in [0.25, 0.3) is 22.3 Å². The zero-order valence-corrected chi connectivity index (χ0v) is 11.6. The largest absolute Gasteiger partial charge is 0.508 e. The van der Waals surface area contributed by atoms with Crippen molar-refractivity contribution in [1.29, 1.82) is 0 Å². The van der Waals surface area contributed by atoms with E-state index in [9.17, 15) is 9.90 Å². The first-order valence-electron chi connectivity index (χ1n) is 6.61. The number of terminal acetylenes is 1. The van der Waals surface area contributed by atoms with Crippen molar-refractivity contribution >= 4 is 11.0 Å². The fourth-order valence-electron chi connectivity index (χ4n) is 2.12. The van der Waals surface area contributed by atoms with Gasteiger partial charge >= 0.3 is 0 Å². The van der Waals surface area contributed by atoms with Crippen LogP contribution in [-0.2, 0) is 0 Å². The quantitative estimate of drug-likeness (QED) is 0.753. The van der Waals surface area contributed by atoms with Crippen molar-refractivity contribution in [3.8, 4) is 35.2 Å². The lowest BCUT2D eigenvalue weighted by Crippen LogP contribution is -2.01. The maximum atomic E-state index is 12.2. The first-order valence-corrected chi connectivity index (χ1v) is 6.61. The Hall–Kier alpha value is -3.19. The van der Waals surface area contributed by atoms with Crippen LogP contribution in [-0.4, -0.2) is 11.7 Å². The van der Waals surface area contributed by atoms with Crippen LogP contribution in [0.1, 0.15) is 0 Å². The highest BCUT2D eigenvalue weighted by Crippen LogP contribution is 2.26. The SMILES string of the molecule is C#CCOc1ccc2c(=O)cc(-c3ccc(O)cc3)oc2c1. The first-order chi connectivity index (χ1) is 10.7. The van der Waals surface area contributed by atoms with Crippen LogP contribution in [0.2, 0.25) is 0 Å². The smallest absolute Gasteiger partial charge is 0.193 e. The van der Waals surface area contributed by atoms with E-state index >= 15 is 0 Å². The summed E-state index contributed by atoms with van der Waals surface area (Å²) < 4.78 is 11.1. The highest BCUT2D eigenvalue weighted by molar-refractivity contribution is 5.80. The van der Waals surface area contributed by atoms with E-state index in [1.807, 2.05) is 0 Å². The second kappa shape index (κ2) is 5.66. The molecule has 4 heteroatoms. The van der Waals surface area contributed by atoms with Gasteiger partial charge in [-0.3, -0.25) is 4.79 Å². The van der Waals surface area contributed by atoms with Gasteiger partial charge in [0.15, 0.2) is 5.43 Å². The number of phenolic OH excluding ortho intramolecular Hbond substituents is 1. The molecule has 0 saturated heterocycles. The Bertz CT molecular complexity index is 914. The number of hydrogen-bond acceptors (Lipinski definition) is 4. The van der Waals surface area contributed by atoms with E-state index in [-0.39, 0.29) is 17.8 Å². The molecule has 0 unspecified atom stereocenters. The summed E-state index contributed by atoms with van der Waals surface area (Å²) in [5, 5.41) is 9.79. The minimum atomic E-state index is -0.146. The topological polar surface area (TPSA) is 59.7 Å². The standard InChI is InChI=1S/C18H12O4/c1-2-9-21-14-7-8-15-16(20)11-17(22-18(15)10-14)12-3-5-13(19)6-4-12/h1,3-8,10-11,19H,9H2. The van der Waals surface area contributed by atoms with Gasteiger partial charge in [-0.1, -0.05) is 5.92 Å².